The highest BCUT2D eigenvalue weighted by Gasteiger charge is 2.03. The summed E-state index contributed by atoms with van der Waals surface area (Å²) in [6.07, 6.45) is 4.28. The minimum atomic E-state index is 0.914. The van der Waals surface area contributed by atoms with Crippen LogP contribution in [0.1, 0.15) is 11.1 Å². The minimum Gasteiger partial charge on any atom is -0.496 e. The number of hydrogen-bond acceptors (Lipinski definition) is 1. The largest absolute Gasteiger partial charge is 0.496 e. The molecule has 0 unspecified atom stereocenters. The van der Waals surface area contributed by atoms with E-state index in [1.54, 1.807) is 7.11 Å². The predicted molar refractivity (Wildman–Crippen MR) is 85.9 cm³/mol. The molecule has 0 heterocycles. The van der Waals surface area contributed by atoms with E-state index in [4.69, 9.17) is 4.74 Å². The maximum Gasteiger partial charge on any atom is 0.126 e. The third kappa shape index (κ3) is 2.43. The maximum absolute atomic E-state index is 5.42. The van der Waals surface area contributed by atoms with Crippen LogP contribution in [-0.4, -0.2) is 7.11 Å². The van der Waals surface area contributed by atoms with Crippen LogP contribution in [0.4, 0.5) is 0 Å². The molecule has 0 atom stereocenters. The lowest BCUT2D eigenvalue weighted by molar-refractivity contribution is 0.420. The highest BCUT2D eigenvalue weighted by molar-refractivity contribution is 5.96. The average Bonchev–Trinajstić information content (AvgIpc) is 2.53. The van der Waals surface area contributed by atoms with Gasteiger partial charge >= 0.3 is 0 Å². The van der Waals surface area contributed by atoms with Gasteiger partial charge in [-0.3, -0.25) is 0 Å². The number of benzene rings is 3. The minimum absolute atomic E-state index is 0.914. The summed E-state index contributed by atoms with van der Waals surface area (Å²) in [4.78, 5) is 0. The molecule has 0 saturated heterocycles. The second-order valence-electron chi connectivity index (χ2n) is 4.65. The van der Waals surface area contributed by atoms with Gasteiger partial charge in [0.1, 0.15) is 5.75 Å². The van der Waals surface area contributed by atoms with E-state index in [1.165, 1.54) is 16.5 Å². The van der Waals surface area contributed by atoms with Gasteiger partial charge in [-0.05, 0) is 22.6 Å². The van der Waals surface area contributed by atoms with Crippen LogP contribution >= 0.6 is 0 Å². The van der Waals surface area contributed by atoms with Crippen molar-refractivity contribution in [3.63, 3.8) is 0 Å². The first-order valence-corrected chi connectivity index (χ1v) is 6.67. The molecule has 0 fully saturated rings. The normalized spacial score (nSPS) is 11.1. The molecule has 0 aliphatic heterocycles. The zero-order valence-corrected chi connectivity index (χ0v) is 11.4. The molecule has 0 aliphatic rings. The topological polar surface area (TPSA) is 9.23 Å². The van der Waals surface area contributed by atoms with Crippen LogP contribution in [0, 0.1) is 0 Å². The fraction of sp³-hybridized carbons (Fsp3) is 0.0526. The number of rotatable bonds is 3. The first-order chi connectivity index (χ1) is 9.88. The van der Waals surface area contributed by atoms with E-state index in [-0.39, 0.29) is 0 Å². The van der Waals surface area contributed by atoms with Crippen molar-refractivity contribution in [2.75, 3.05) is 7.11 Å². The van der Waals surface area contributed by atoms with Crippen LogP contribution in [0.25, 0.3) is 22.9 Å². The fourth-order valence-corrected chi connectivity index (χ4v) is 2.37. The Labute approximate surface area is 119 Å². The van der Waals surface area contributed by atoms with Gasteiger partial charge in [0.25, 0.3) is 0 Å². The molecule has 0 radical (unpaired) electrons. The monoisotopic (exact) mass is 260 g/mol. The summed E-state index contributed by atoms with van der Waals surface area (Å²) in [5.74, 6) is 0.914. The molecule has 0 aliphatic carbocycles. The maximum atomic E-state index is 5.42. The smallest absolute Gasteiger partial charge is 0.126 e. The zero-order valence-electron chi connectivity index (χ0n) is 11.4. The van der Waals surface area contributed by atoms with Crippen LogP contribution in [0.2, 0.25) is 0 Å². The van der Waals surface area contributed by atoms with Crippen molar-refractivity contribution in [2.24, 2.45) is 0 Å². The average molecular weight is 260 g/mol. The quantitative estimate of drug-likeness (QED) is 0.601. The second kappa shape index (κ2) is 5.62. The number of hydrogen-bond donors (Lipinski definition) is 0. The van der Waals surface area contributed by atoms with E-state index in [2.05, 4.69) is 48.6 Å². The van der Waals surface area contributed by atoms with E-state index in [9.17, 15) is 0 Å². The van der Waals surface area contributed by atoms with Crippen molar-refractivity contribution in [3.05, 3.63) is 77.9 Å². The lowest BCUT2D eigenvalue weighted by atomic mass is 10.0. The molecule has 0 amide bonds. The number of ether oxygens (including phenoxy) is 1. The molecule has 0 saturated carbocycles. The van der Waals surface area contributed by atoms with E-state index >= 15 is 0 Å². The summed E-state index contributed by atoms with van der Waals surface area (Å²) in [6, 6.07) is 22.8. The fourth-order valence-electron chi connectivity index (χ4n) is 2.37. The van der Waals surface area contributed by atoms with E-state index in [1.807, 2.05) is 30.3 Å². The summed E-state index contributed by atoms with van der Waals surface area (Å²) in [5.41, 5.74) is 2.40. The Hall–Kier alpha value is -2.54. The van der Waals surface area contributed by atoms with Gasteiger partial charge in [0.15, 0.2) is 0 Å². The van der Waals surface area contributed by atoms with Crippen molar-refractivity contribution < 1.29 is 4.74 Å². The summed E-state index contributed by atoms with van der Waals surface area (Å²) in [7, 11) is 1.71. The first-order valence-electron chi connectivity index (χ1n) is 6.67. The van der Waals surface area contributed by atoms with Gasteiger partial charge in [-0.1, -0.05) is 72.8 Å². The van der Waals surface area contributed by atoms with Gasteiger partial charge in [0.05, 0.1) is 7.11 Å². The van der Waals surface area contributed by atoms with E-state index in [0.717, 1.165) is 11.1 Å². The molecule has 20 heavy (non-hydrogen) atoms. The van der Waals surface area contributed by atoms with Gasteiger partial charge in [-0.15, -0.1) is 0 Å². The molecule has 3 rings (SSSR count). The van der Waals surface area contributed by atoms with Crippen LogP contribution in [0.15, 0.2) is 66.7 Å². The Bertz CT molecular complexity index is 742. The second-order valence-corrected chi connectivity index (χ2v) is 4.65. The molecule has 0 spiro atoms. The predicted octanol–water partition coefficient (Wildman–Crippen LogP) is 5.02. The van der Waals surface area contributed by atoms with Crippen LogP contribution in [0.3, 0.4) is 0 Å². The molecular formula is C19H16O. The zero-order chi connectivity index (χ0) is 13.8. The Balaban J connectivity index is 2.07. The molecule has 3 aromatic carbocycles. The van der Waals surface area contributed by atoms with Crippen LogP contribution < -0.4 is 4.74 Å². The third-order valence-corrected chi connectivity index (χ3v) is 3.39. The summed E-state index contributed by atoms with van der Waals surface area (Å²) in [5, 5.41) is 2.35. The lowest BCUT2D eigenvalue weighted by Gasteiger charge is -2.07. The molecule has 1 heteroatoms. The van der Waals surface area contributed by atoms with Crippen molar-refractivity contribution in [2.45, 2.75) is 0 Å². The Morgan fingerprint density at radius 2 is 1.40 bits per heavy atom. The van der Waals surface area contributed by atoms with Gasteiger partial charge in [-0.25, -0.2) is 0 Å². The van der Waals surface area contributed by atoms with Crippen molar-refractivity contribution in [1.82, 2.24) is 0 Å². The molecule has 1 nitrogen and oxygen atoms in total. The molecular weight excluding hydrogens is 244 g/mol. The van der Waals surface area contributed by atoms with Crippen molar-refractivity contribution in [1.29, 1.82) is 0 Å². The first kappa shape index (κ1) is 12.5. The van der Waals surface area contributed by atoms with Gasteiger partial charge in [0.2, 0.25) is 0 Å². The van der Waals surface area contributed by atoms with E-state index < -0.39 is 0 Å². The lowest BCUT2D eigenvalue weighted by Crippen LogP contribution is -1.86. The summed E-state index contributed by atoms with van der Waals surface area (Å²) >= 11 is 0. The van der Waals surface area contributed by atoms with Crippen LogP contribution in [0.5, 0.6) is 5.75 Å². The third-order valence-electron chi connectivity index (χ3n) is 3.39. The molecule has 98 valence electrons. The Kier molecular flexibility index (Phi) is 3.51. The van der Waals surface area contributed by atoms with Crippen LogP contribution in [-0.2, 0) is 0 Å². The van der Waals surface area contributed by atoms with Crippen molar-refractivity contribution in [3.8, 4) is 5.75 Å². The SMILES string of the molecule is COc1ccc(C=Cc2ccccc2)c2ccccc12. The molecule has 3 aromatic rings. The summed E-state index contributed by atoms with van der Waals surface area (Å²) < 4.78 is 5.42. The molecule has 0 aromatic heterocycles. The van der Waals surface area contributed by atoms with Crippen molar-refractivity contribution >= 4 is 22.9 Å². The molecule has 0 bridgehead atoms. The highest BCUT2D eigenvalue weighted by Crippen LogP contribution is 2.29. The number of methoxy groups -OCH3 is 1. The Morgan fingerprint density at radius 3 is 2.15 bits per heavy atom. The van der Waals surface area contributed by atoms with Gasteiger partial charge < -0.3 is 4.74 Å². The highest BCUT2D eigenvalue weighted by atomic mass is 16.5. The van der Waals surface area contributed by atoms with E-state index in [0.29, 0.717) is 0 Å². The standard InChI is InChI=1S/C19H16O/c1-20-19-14-13-16(17-9-5-6-10-18(17)19)12-11-15-7-3-2-4-8-15/h2-14H,1H3. The Morgan fingerprint density at radius 1 is 0.700 bits per heavy atom. The number of fused-ring (bicyclic) bond motifs is 1. The van der Waals surface area contributed by atoms with Gasteiger partial charge in [-0.2, -0.15) is 0 Å². The molecule has 0 N–H and O–H groups in total. The van der Waals surface area contributed by atoms with Gasteiger partial charge in [0, 0.05) is 5.39 Å². The summed E-state index contributed by atoms with van der Waals surface area (Å²) in [6.45, 7) is 0.